The van der Waals surface area contributed by atoms with Crippen molar-refractivity contribution in [2.75, 3.05) is 0 Å². The van der Waals surface area contributed by atoms with Crippen molar-refractivity contribution in [3.05, 3.63) is 81.8 Å². The van der Waals surface area contributed by atoms with Gasteiger partial charge in [0.15, 0.2) is 10.2 Å². The van der Waals surface area contributed by atoms with Crippen LogP contribution in [0.1, 0.15) is 16.8 Å². The Bertz CT molecular complexity index is 1380. The molecule has 5 aromatic rings. The summed E-state index contributed by atoms with van der Waals surface area (Å²) in [4.78, 5) is 8.30. The fraction of sp³-hybridized carbons (Fsp3) is 0.125. The molecule has 3 heterocycles. The first kappa shape index (κ1) is 21.0. The van der Waals surface area contributed by atoms with Gasteiger partial charge in [0.05, 0.1) is 11.4 Å². The molecule has 2 aromatic carbocycles. The maximum absolute atomic E-state index is 6.02. The zero-order chi connectivity index (χ0) is 22.2. The number of halogens is 1. The number of nitrogens with one attached hydrogen (secondary N) is 1. The van der Waals surface area contributed by atoms with E-state index in [2.05, 4.69) is 58.0 Å². The van der Waals surface area contributed by atoms with Crippen molar-refractivity contribution < 1.29 is 0 Å². The van der Waals surface area contributed by atoms with Crippen LogP contribution in [0.15, 0.2) is 69.5 Å². The normalized spacial score (nSPS) is 11.2. The van der Waals surface area contributed by atoms with Crippen LogP contribution in [0.25, 0.3) is 28.5 Å². The monoisotopic (exact) mass is 477 g/mol. The summed E-state index contributed by atoms with van der Waals surface area (Å²) in [6, 6.07) is 17.9. The van der Waals surface area contributed by atoms with Crippen LogP contribution in [0.3, 0.4) is 0 Å². The van der Waals surface area contributed by atoms with Crippen LogP contribution in [0.2, 0.25) is 5.02 Å². The molecule has 0 bridgehead atoms. The second-order valence-electron chi connectivity index (χ2n) is 7.46. The van der Waals surface area contributed by atoms with Crippen LogP contribution in [0.4, 0.5) is 0 Å². The van der Waals surface area contributed by atoms with Gasteiger partial charge in [-0.05, 0) is 67.9 Å². The molecule has 0 aliphatic carbocycles. The lowest BCUT2D eigenvalue weighted by atomic mass is 10.1. The Hall–Kier alpha value is -2.87. The minimum absolute atomic E-state index is 0.715. The summed E-state index contributed by atoms with van der Waals surface area (Å²) in [6.07, 6.45) is 0. The van der Waals surface area contributed by atoms with Crippen molar-refractivity contribution in [1.29, 1.82) is 0 Å². The van der Waals surface area contributed by atoms with E-state index in [1.165, 1.54) is 22.9 Å². The predicted molar refractivity (Wildman–Crippen MR) is 132 cm³/mol. The van der Waals surface area contributed by atoms with E-state index >= 15 is 0 Å². The summed E-state index contributed by atoms with van der Waals surface area (Å²) in [6.45, 7) is 6.32. The molecular weight excluding hydrogens is 458 g/mol. The first-order valence-electron chi connectivity index (χ1n) is 10.1. The number of hydrogen-bond donors (Lipinski definition) is 1. The lowest BCUT2D eigenvalue weighted by Gasteiger charge is -2.09. The summed E-state index contributed by atoms with van der Waals surface area (Å²) in [5, 5.41) is 12.7. The van der Waals surface area contributed by atoms with Gasteiger partial charge in [-0.25, -0.2) is 4.98 Å². The molecule has 8 heteroatoms. The summed E-state index contributed by atoms with van der Waals surface area (Å²) in [7, 11) is 0. The number of benzene rings is 2. The number of rotatable bonds is 5. The van der Waals surface area contributed by atoms with E-state index in [-0.39, 0.29) is 0 Å². The zero-order valence-electron chi connectivity index (χ0n) is 17.8. The molecule has 0 saturated carbocycles. The maximum Gasteiger partial charge on any atom is 0.203 e. The lowest BCUT2D eigenvalue weighted by molar-refractivity contribution is 0.884. The average molecular weight is 478 g/mol. The van der Waals surface area contributed by atoms with E-state index in [1.54, 1.807) is 11.3 Å². The van der Waals surface area contributed by atoms with Crippen molar-refractivity contribution in [1.82, 2.24) is 24.7 Å². The van der Waals surface area contributed by atoms with Gasteiger partial charge in [0.25, 0.3) is 0 Å². The van der Waals surface area contributed by atoms with Crippen molar-refractivity contribution in [3.63, 3.8) is 0 Å². The van der Waals surface area contributed by atoms with Gasteiger partial charge in [-0.3, -0.25) is 4.57 Å². The summed E-state index contributed by atoms with van der Waals surface area (Å²) in [5.74, 6) is 0.793. The predicted octanol–water partition coefficient (Wildman–Crippen LogP) is 7.12. The molecule has 1 N–H and O–H groups in total. The molecule has 0 aliphatic heterocycles. The zero-order valence-corrected chi connectivity index (χ0v) is 20.1. The Morgan fingerprint density at radius 2 is 1.69 bits per heavy atom. The van der Waals surface area contributed by atoms with Crippen molar-refractivity contribution in [3.8, 4) is 28.5 Å². The maximum atomic E-state index is 6.02. The summed E-state index contributed by atoms with van der Waals surface area (Å²) >= 11 is 9.13. The van der Waals surface area contributed by atoms with Crippen LogP contribution >= 0.6 is 34.7 Å². The number of H-pyrrole nitrogens is 1. The molecule has 5 nitrogen and oxygen atoms in total. The highest BCUT2D eigenvalue weighted by Crippen LogP contribution is 2.36. The highest BCUT2D eigenvalue weighted by molar-refractivity contribution is 8.00. The Labute approximate surface area is 199 Å². The molecule has 32 heavy (non-hydrogen) atoms. The molecule has 0 unspecified atom stereocenters. The second-order valence-corrected chi connectivity index (χ2v) is 9.97. The highest BCUT2D eigenvalue weighted by atomic mass is 35.5. The van der Waals surface area contributed by atoms with Crippen molar-refractivity contribution >= 4 is 34.7 Å². The molecule has 5 rings (SSSR count). The molecule has 0 aliphatic rings. The fourth-order valence-corrected chi connectivity index (χ4v) is 5.41. The Morgan fingerprint density at radius 1 is 0.938 bits per heavy atom. The van der Waals surface area contributed by atoms with Gasteiger partial charge in [0.1, 0.15) is 0 Å². The molecule has 160 valence electrons. The average Bonchev–Trinajstić information content (AvgIpc) is 3.50. The second kappa shape index (κ2) is 8.58. The summed E-state index contributed by atoms with van der Waals surface area (Å²) in [5.41, 5.74) is 7.52. The lowest BCUT2D eigenvalue weighted by Crippen LogP contribution is -2.00. The quantitative estimate of drug-likeness (QED) is 0.293. The molecule has 0 atom stereocenters. The molecule has 0 fully saturated rings. The number of aromatic amines is 1. The van der Waals surface area contributed by atoms with Gasteiger partial charge in [-0.15, -0.1) is 21.5 Å². The van der Waals surface area contributed by atoms with E-state index in [4.69, 9.17) is 16.6 Å². The van der Waals surface area contributed by atoms with E-state index in [9.17, 15) is 0 Å². The highest BCUT2D eigenvalue weighted by Gasteiger charge is 2.21. The smallest absolute Gasteiger partial charge is 0.203 e. The largest absolute Gasteiger partial charge is 0.356 e. The van der Waals surface area contributed by atoms with Gasteiger partial charge in [-0.1, -0.05) is 41.9 Å². The third kappa shape index (κ3) is 3.88. The minimum atomic E-state index is 0.715. The van der Waals surface area contributed by atoms with Crippen molar-refractivity contribution in [2.45, 2.75) is 30.3 Å². The molecule has 3 aromatic heterocycles. The van der Waals surface area contributed by atoms with E-state index in [1.807, 2.05) is 42.5 Å². The third-order valence-electron chi connectivity index (χ3n) is 5.49. The number of hydrogen-bond acceptors (Lipinski definition) is 5. The van der Waals surface area contributed by atoms with Gasteiger partial charge >= 0.3 is 0 Å². The Balaban J connectivity index is 1.56. The standard InChI is InChI=1S/C24H20ClN5S2/c1-14-15(2)21(26-16(14)3)22-28-29-23(30(22)19-7-5-4-6-8-19)32-24-27-20(13-31-24)17-9-11-18(25)12-10-17/h4-13,26H,1-3H3. The topological polar surface area (TPSA) is 59.4 Å². The van der Waals surface area contributed by atoms with E-state index in [0.717, 1.165) is 43.7 Å². The number of nitrogens with zero attached hydrogens (tertiary/aromatic N) is 4. The first-order chi connectivity index (χ1) is 15.5. The molecule has 0 saturated heterocycles. The number of aromatic nitrogens is 5. The van der Waals surface area contributed by atoms with Crippen LogP contribution in [-0.4, -0.2) is 24.7 Å². The van der Waals surface area contributed by atoms with Crippen molar-refractivity contribution in [2.24, 2.45) is 0 Å². The van der Waals surface area contributed by atoms with E-state index in [0.29, 0.717) is 5.02 Å². The minimum Gasteiger partial charge on any atom is -0.356 e. The molecular formula is C24H20ClN5S2. The van der Waals surface area contributed by atoms with Crippen LogP contribution < -0.4 is 0 Å². The van der Waals surface area contributed by atoms with Gasteiger partial charge in [-0.2, -0.15) is 0 Å². The third-order valence-corrected chi connectivity index (χ3v) is 7.62. The first-order valence-corrected chi connectivity index (χ1v) is 12.1. The van der Waals surface area contributed by atoms with Crippen LogP contribution in [-0.2, 0) is 0 Å². The van der Waals surface area contributed by atoms with Gasteiger partial charge in [0, 0.05) is 27.3 Å². The molecule has 0 radical (unpaired) electrons. The fourth-order valence-electron chi connectivity index (χ4n) is 3.51. The number of thiazole rings is 1. The number of aryl methyl sites for hydroxylation is 1. The molecule has 0 spiro atoms. The summed E-state index contributed by atoms with van der Waals surface area (Å²) < 4.78 is 2.99. The van der Waals surface area contributed by atoms with Gasteiger partial charge < -0.3 is 4.98 Å². The molecule has 0 amide bonds. The Kier molecular flexibility index (Phi) is 5.63. The SMILES string of the molecule is Cc1[nH]c(-c2nnc(Sc3nc(-c4ccc(Cl)cc4)cs3)n2-c2ccccc2)c(C)c1C. The number of para-hydroxylation sites is 1. The van der Waals surface area contributed by atoms with E-state index < -0.39 is 0 Å². The van der Waals surface area contributed by atoms with Crippen LogP contribution in [0.5, 0.6) is 0 Å². The Morgan fingerprint density at radius 3 is 2.38 bits per heavy atom. The van der Waals surface area contributed by atoms with Gasteiger partial charge in [0.2, 0.25) is 5.16 Å². The van der Waals surface area contributed by atoms with Crippen LogP contribution in [0, 0.1) is 20.8 Å².